The Morgan fingerprint density at radius 3 is 2.74 bits per heavy atom. The summed E-state index contributed by atoms with van der Waals surface area (Å²) in [5, 5.41) is 8.08. The Balaban J connectivity index is 1.53. The van der Waals surface area contributed by atoms with E-state index in [1.165, 1.54) is 25.7 Å². The molecule has 0 aliphatic heterocycles. The van der Waals surface area contributed by atoms with Gasteiger partial charge >= 0.3 is 0 Å². The van der Waals surface area contributed by atoms with E-state index in [-0.39, 0.29) is 0 Å². The molecule has 4 nitrogen and oxygen atoms in total. The van der Waals surface area contributed by atoms with Crippen LogP contribution in [0, 0.1) is 0 Å². The number of rotatable bonds is 6. The standard InChI is InChI=1S/C17H20Cl2N4/c18-13-6-5-12(15(19)11-13)7-9-20-16-8-10-21-17(23-16)22-14-3-1-2-4-14/h5-6,8,10-11,14H,1-4,7,9H2,(H2,20,21,22,23). The second kappa shape index (κ2) is 7.84. The minimum absolute atomic E-state index is 0.512. The molecule has 0 bridgehead atoms. The summed E-state index contributed by atoms with van der Waals surface area (Å²) in [7, 11) is 0. The van der Waals surface area contributed by atoms with Crippen LogP contribution in [0.25, 0.3) is 0 Å². The minimum atomic E-state index is 0.512. The monoisotopic (exact) mass is 350 g/mol. The molecule has 1 aromatic carbocycles. The van der Waals surface area contributed by atoms with Gasteiger partial charge < -0.3 is 10.6 Å². The lowest BCUT2D eigenvalue weighted by Gasteiger charge is -2.13. The van der Waals surface area contributed by atoms with E-state index in [9.17, 15) is 0 Å². The summed E-state index contributed by atoms with van der Waals surface area (Å²) in [6.07, 6.45) is 7.58. The number of halogens is 2. The molecule has 0 unspecified atom stereocenters. The zero-order chi connectivity index (χ0) is 16.1. The van der Waals surface area contributed by atoms with Gasteiger partial charge in [0.05, 0.1) is 0 Å². The molecular formula is C17H20Cl2N4. The fourth-order valence-corrected chi connectivity index (χ4v) is 3.33. The first-order valence-corrected chi connectivity index (χ1v) is 8.74. The minimum Gasteiger partial charge on any atom is -0.370 e. The zero-order valence-electron chi connectivity index (χ0n) is 12.9. The molecule has 6 heteroatoms. The number of aromatic nitrogens is 2. The summed E-state index contributed by atoms with van der Waals surface area (Å²) in [5.41, 5.74) is 1.07. The van der Waals surface area contributed by atoms with Gasteiger partial charge in [0.25, 0.3) is 0 Å². The van der Waals surface area contributed by atoms with E-state index in [1.807, 2.05) is 18.2 Å². The zero-order valence-corrected chi connectivity index (χ0v) is 14.4. The number of hydrogen-bond donors (Lipinski definition) is 2. The van der Waals surface area contributed by atoms with Crippen molar-refractivity contribution >= 4 is 35.0 Å². The van der Waals surface area contributed by atoms with Gasteiger partial charge in [0.15, 0.2) is 0 Å². The maximum absolute atomic E-state index is 6.18. The van der Waals surface area contributed by atoms with Gasteiger partial charge in [-0.1, -0.05) is 42.1 Å². The Bertz CT molecular complexity index is 657. The third-order valence-electron chi connectivity index (χ3n) is 4.06. The molecule has 0 radical (unpaired) electrons. The highest BCUT2D eigenvalue weighted by Gasteiger charge is 2.15. The summed E-state index contributed by atoms with van der Waals surface area (Å²) >= 11 is 12.1. The van der Waals surface area contributed by atoms with Gasteiger partial charge in [-0.25, -0.2) is 4.98 Å². The third-order valence-corrected chi connectivity index (χ3v) is 4.65. The van der Waals surface area contributed by atoms with E-state index in [2.05, 4.69) is 20.6 Å². The van der Waals surface area contributed by atoms with Gasteiger partial charge in [-0.05, 0) is 43.0 Å². The first-order chi connectivity index (χ1) is 11.2. The van der Waals surface area contributed by atoms with Gasteiger partial charge in [-0.2, -0.15) is 4.98 Å². The van der Waals surface area contributed by atoms with E-state index in [4.69, 9.17) is 23.2 Å². The SMILES string of the molecule is Clc1ccc(CCNc2ccnc(NC3CCCC3)n2)c(Cl)c1. The molecule has 122 valence electrons. The average molecular weight is 351 g/mol. The lowest BCUT2D eigenvalue weighted by atomic mass is 10.1. The van der Waals surface area contributed by atoms with Crippen LogP contribution < -0.4 is 10.6 Å². The van der Waals surface area contributed by atoms with Crippen molar-refractivity contribution in [1.29, 1.82) is 0 Å². The third kappa shape index (κ3) is 4.72. The number of anilines is 2. The van der Waals surface area contributed by atoms with Crippen LogP contribution in [0.15, 0.2) is 30.5 Å². The second-order valence-corrected chi connectivity index (χ2v) is 6.65. The van der Waals surface area contributed by atoms with Crippen molar-refractivity contribution in [1.82, 2.24) is 9.97 Å². The molecule has 2 aromatic rings. The summed E-state index contributed by atoms with van der Waals surface area (Å²) in [6.45, 7) is 0.751. The Labute approximate surface area is 146 Å². The molecular weight excluding hydrogens is 331 g/mol. The molecule has 0 atom stereocenters. The quantitative estimate of drug-likeness (QED) is 0.785. The van der Waals surface area contributed by atoms with Crippen molar-refractivity contribution < 1.29 is 0 Å². The number of nitrogens with one attached hydrogen (secondary N) is 2. The molecule has 3 rings (SSSR count). The smallest absolute Gasteiger partial charge is 0.224 e. The Hall–Kier alpha value is -1.52. The van der Waals surface area contributed by atoms with Crippen LogP contribution in [0.3, 0.4) is 0 Å². The van der Waals surface area contributed by atoms with Crippen LogP contribution in [0.4, 0.5) is 11.8 Å². The second-order valence-electron chi connectivity index (χ2n) is 5.80. The van der Waals surface area contributed by atoms with Crippen molar-refractivity contribution in [2.24, 2.45) is 0 Å². The first kappa shape index (κ1) is 16.3. The van der Waals surface area contributed by atoms with Crippen LogP contribution in [0.1, 0.15) is 31.2 Å². The van der Waals surface area contributed by atoms with E-state index < -0.39 is 0 Å². The Kier molecular flexibility index (Phi) is 5.57. The fraction of sp³-hybridized carbons (Fsp3) is 0.412. The molecule has 1 aliphatic carbocycles. The highest BCUT2D eigenvalue weighted by atomic mass is 35.5. The Morgan fingerprint density at radius 1 is 1.13 bits per heavy atom. The molecule has 1 heterocycles. The molecule has 0 saturated heterocycles. The molecule has 23 heavy (non-hydrogen) atoms. The molecule has 1 saturated carbocycles. The van der Waals surface area contributed by atoms with Crippen LogP contribution >= 0.6 is 23.2 Å². The lowest BCUT2D eigenvalue weighted by Crippen LogP contribution is -2.17. The van der Waals surface area contributed by atoms with Gasteiger partial charge in [0.1, 0.15) is 5.82 Å². The predicted molar refractivity (Wildman–Crippen MR) is 96.6 cm³/mol. The number of nitrogens with zero attached hydrogens (tertiary/aromatic N) is 2. The van der Waals surface area contributed by atoms with Crippen LogP contribution in [-0.2, 0) is 6.42 Å². The molecule has 1 fully saturated rings. The van der Waals surface area contributed by atoms with Gasteiger partial charge in [0.2, 0.25) is 5.95 Å². The molecule has 1 aliphatic rings. The molecule has 0 amide bonds. The summed E-state index contributed by atoms with van der Waals surface area (Å²) in [6, 6.07) is 7.98. The largest absolute Gasteiger partial charge is 0.370 e. The maximum atomic E-state index is 6.18. The predicted octanol–water partition coefficient (Wildman–Crippen LogP) is 4.79. The molecule has 2 N–H and O–H groups in total. The van der Waals surface area contributed by atoms with E-state index in [0.717, 1.165) is 24.3 Å². The van der Waals surface area contributed by atoms with Crippen LogP contribution in [-0.4, -0.2) is 22.6 Å². The highest BCUT2D eigenvalue weighted by molar-refractivity contribution is 6.35. The average Bonchev–Trinajstić information content (AvgIpc) is 3.03. The number of hydrogen-bond acceptors (Lipinski definition) is 4. The van der Waals surface area contributed by atoms with Gasteiger partial charge in [0, 0.05) is 28.8 Å². The van der Waals surface area contributed by atoms with Crippen LogP contribution in [0.5, 0.6) is 0 Å². The van der Waals surface area contributed by atoms with Crippen molar-refractivity contribution in [3.63, 3.8) is 0 Å². The summed E-state index contributed by atoms with van der Waals surface area (Å²) < 4.78 is 0. The number of benzene rings is 1. The van der Waals surface area contributed by atoms with Crippen molar-refractivity contribution in [2.45, 2.75) is 38.1 Å². The first-order valence-electron chi connectivity index (χ1n) is 7.98. The van der Waals surface area contributed by atoms with Crippen molar-refractivity contribution in [2.75, 3.05) is 17.2 Å². The Morgan fingerprint density at radius 2 is 1.96 bits per heavy atom. The maximum Gasteiger partial charge on any atom is 0.224 e. The van der Waals surface area contributed by atoms with E-state index in [0.29, 0.717) is 22.0 Å². The lowest BCUT2D eigenvalue weighted by molar-refractivity contribution is 0.744. The van der Waals surface area contributed by atoms with Gasteiger partial charge in [-0.3, -0.25) is 0 Å². The topological polar surface area (TPSA) is 49.8 Å². The highest BCUT2D eigenvalue weighted by Crippen LogP contribution is 2.22. The summed E-state index contributed by atoms with van der Waals surface area (Å²) in [5.74, 6) is 1.53. The van der Waals surface area contributed by atoms with Gasteiger partial charge in [-0.15, -0.1) is 0 Å². The molecule has 1 aromatic heterocycles. The summed E-state index contributed by atoms with van der Waals surface area (Å²) in [4.78, 5) is 8.81. The van der Waals surface area contributed by atoms with Crippen molar-refractivity contribution in [3.05, 3.63) is 46.1 Å². The van der Waals surface area contributed by atoms with Crippen molar-refractivity contribution in [3.8, 4) is 0 Å². The van der Waals surface area contributed by atoms with E-state index >= 15 is 0 Å². The fourth-order valence-electron chi connectivity index (χ4n) is 2.83. The van der Waals surface area contributed by atoms with E-state index in [1.54, 1.807) is 12.3 Å². The molecule has 0 spiro atoms. The normalized spacial score (nSPS) is 14.9. The van der Waals surface area contributed by atoms with Crippen LogP contribution in [0.2, 0.25) is 10.0 Å².